The van der Waals surface area contributed by atoms with E-state index in [1.807, 2.05) is 0 Å². The monoisotopic (exact) mass is 186 g/mol. The predicted molar refractivity (Wildman–Crippen MR) is 37.3 cm³/mol. The van der Waals surface area contributed by atoms with Crippen LogP contribution in [0.25, 0.3) is 0 Å². The SMILES string of the molecule is COc1ccn[c]c1Br. The Bertz CT molecular complexity index is 202. The number of hydrogen-bond donors (Lipinski definition) is 0. The fraction of sp³-hybridized carbons (Fsp3) is 0.167. The molecule has 2 nitrogen and oxygen atoms in total. The summed E-state index contributed by atoms with van der Waals surface area (Å²) in [5, 5.41) is 0. The molecular weight excluding hydrogens is 182 g/mol. The Morgan fingerprint density at radius 1 is 1.78 bits per heavy atom. The molecule has 0 amide bonds. The molecule has 9 heavy (non-hydrogen) atoms. The molecule has 0 unspecified atom stereocenters. The number of methoxy groups -OCH3 is 1. The second kappa shape index (κ2) is 2.82. The third-order valence-electron chi connectivity index (χ3n) is 0.899. The summed E-state index contributed by atoms with van der Waals surface area (Å²) in [5.41, 5.74) is 0. The van der Waals surface area contributed by atoms with Gasteiger partial charge in [0, 0.05) is 6.20 Å². The van der Waals surface area contributed by atoms with E-state index in [-0.39, 0.29) is 0 Å². The van der Waals surface area contributed by atoms with Gasteiger partial charge in [-0.15, -0.1) is 0 Å². The minimum atomic E-state index is 0.755. The van der Waals surface area contributed by atoms with E-state index < -0.39 is 0 Å². The van der Waals surface area contributed by atoms with E-state index >= 15 is 0 Å². The van der Waals surface area contributed by atoms with Crippen molar-refractivity contribution in [1.29, 1.82) is 0 Å². The zero-order valence-electron chi connectivity index (χ0n) is 4.89. The van der Waals surface area contributed by atoms with Gasteiger partial charge in [0.1, 0.15) is 11.9 Å². The second-order valence-electron chi connectivity index (χ2n) is 1.44. The Kier molecular flexibility index (Phi) is 2.05. The van der Waals surface area contributed by atoms with Gasteiger partial charge >= 0.3 is 0 Å². The summed E-state index contributed by atoms with van der Waals surface area (Å²) in [6.07, 6.45) is 4.32. The first-order valence-corrected chi connectivity index (χ1v) is 3.20. The highest BCUT2D eigenvalue weighted by atomic mass is 79.9. The highest BCUT2D eigenvalue weighted by Crippen LogP contribution is 2.20. The molecule has 0 aliphatic rings. The molecule has 47 valence electrons. The van der Waals surface area contributed by atoms with Gasteiger partial charge < -0.3 is 4.74 Å². The van der Waals surface area contributed by atoms with Crippen LogP contribution in [-0.2, 0) is 0 Å². The van der Waals surface area contributed by atoms with Crippen LogP contribution in [0.3, 0.4) is 0 Å². The van der Waals surface area contributed by atoms with Gasteiger partial charge in [0.25, 0.3) is 0 Å². The zero-order chi connectivity index (χ0) is 6.69. The van der Waals surface area contributed by atoms with Gasteiger partial charge in [0.15, 0.2) is 0 Å². The second-order valence-corrected chi connectivity index (χ2v) is 2.23. The first kappa shape index (κ1) is 6.55. The molecular formula is C6H5BrNO. The van der Waals surface area contributed by atoms with Gasteiger partial charge in [-0.3, -0.25) is 4.98 Å². The molecule has 0 fully saturated rings. The van der Waals surface area contributed by atoms with Gasteiger partial charge in [-0.25, -0.2) is 0 Å². The maximum Gasteiger partial charge on any atom is 0.136 e. The maximum atomic E-state index is 4.93. The molecule has 0 N–H and O–H groups in total. The molecule has 0 atom stereocenters. The van der Waals surface area contributed by atoms with Gasteiger partial charge in [0.05, 0.1) is 11.6 Å². The Labute approximate surface area is 62.0 Å². The first-order chi connectivity index (χ1) is 4.34. The molecule has 0 aromatic carbocycles. The molecule has 0 aliphatic carbocycles. The summed E-state index contributed by atoms with van der Waals surface area (Å²) in [6, 6.07) is 1.76. The molecule has 1 aromatic rings. The quantitative estimate of drug-likeness (QED) is 0.666. The number of nitrogens with zero attached hydrogens (tertiary/aromatic N) is 1. The number of hydrogen-bond acceptors (Lipinski definition) is 2. The number of aromatic nitrogens is 1. The molecule has 1 radical (unpaired) electrons. The molecule has 0 aliphatic heterocycles. The van der Waals surface area contributed by atoms with Gasteiger partial charge in [-0.2, -0.15) is 0 Å². The van der Waals surface area contributed by atoms with E-state index in [9.17, 15) is 0 Å². The van der Waals surface area contributed by atoms with Gasteiger partial charge in [0.2, 0.25) is 0 Å². The van der Waals surface area contributed by atoms with Crippen molar-refractivity contribution in [2.45, 2.75) is 0 Å². The van der Waals surface area contributed by atoms with Crippen LogP contribution in [0.5, 0.6) is 5.75 Å². The minimum Gasteiger partial charge on any atom is -0.495 e. The van der Waals surface area contributed by atoms with Crippen LogP contribution in [0.4, 0.5) is 0 Å². The summed E-state index contributed by atoms with van der Waals surface area (Å²) in [6.45, 7) is 0. The Morgan fingerprint density at radius 2 is 2.56 bits per heavy atom. The standard InChI is InChI=1S/C6H5BrNO/c1-9-6-2-3-8-4-5(6)7/h2-3H,1H3. The molecule has 1 aromatic heterocycles. The highest BCUT2D eigenvalue weighted by Gasteiger charge is 1.94. The summed E-state index contributed by atoms with van der Waals surface area (Å²) in [5.74, 6) is 0.755. The minimum absolute atomic E-state index is 0.755. The molecule has 1 heterocycles. The summed E-state index contributed by atoms with van der Waals surface area (Å²) in [4.78, 5) is 3.74. The summed E-state index contributed by atoms with van der Waals surface area (Å²) < 4.78 is 5.68. The molecule has 0 bridgehead atoms. The average Bonchev–Trinajstić information content (AvgIpc) is 1.89. The van der Waals surface area contributed by atoms with Crippen molar-refractivity contribution in [2.24, 2.45) is 0 Å². The lowest BCUT2D eigenvalue weighted by Crippen LogP contribution is -1.83. The van der Waals surface area contributed by atoms with Crippen LogP contribution < -0.4 is 4.74 Å². The van der Waals surface area contributed by atoms with Crippen molar-refractivity contribution >= 4 is 15.9 Å². The van der Waals surface area contributed by atoms with E-state index in [1.54, 1.807) is 19.4 Å². The Morgan fingerprint density at radius 3 is 3.00 bits per heavy atom. The van der Waals surface area contributed by atoms with Crippen molar-refractivity contribution in [3.05, 3.63) is 22.9 Å². The third-order valence-corrected chi connectivity index (χ3v) is 1.47. The van der Waals surface area contributed by atoms with Crippen LogP contribution in [-0.4, -0.2) is 12.1 Å². The smallest absolute Gasteiger partial charge is 0.136 e. The van der Waals surface area contributed by atoms with Crippen molar-refractivity contribution < 1.29 is 4.74 Å². The normalized spacial score (nSPS) is 9.11. The number of halogens is 1. The van der Waals surface area contributed by atoms with Crippen LogP contribution in [0.15, 0.2) is 16.7 Å². The lowest BCUT2D eigenvalue weighted by molar-refractivity contribution is 0.411. The summed E-state index contributed by atoms with van der Waals surface area (Å²) >= 11 is 3.21. The molecule has 0 spiro atoms. The van der Waals surface area contributed by atoms with E-state index in [0.717, 1.165) is 10.2 Å². The van der Waals surface area contributed by atoms with Crippen LogP contribution in [0, 0.1) is 6.20 Å². The van der Waals surface area contributed by atoms with Crippen molar-refractivity contribution in [3.63, 3.8) is 0 Å². The fourth-order valence-electron chi connectivity index (χ4n) is 0.485. The maximum absolute atomic E-state index is 4.93. The van der Waals surface area contributed by atoms with Crippen molar-refractivity contribution in [2.75, 3.05) is 7.11 Å². The molecule has 0 saturated heterocycles. The van der Waals surface area contributed by atoms with Gasteiger partial charge in [-0.05, 0) is 22.0 Å². The number of rotatable bonds is 1. The fourth-order valence-corrected chi connectivity index (χ4v) is 0.881. The molecule has 1 rings (SSSR count). The molecule has 0 saturated carbocycles. The van der Waals surface area contributed by atoms with Crippen LogP contribution in [0.2, 0.25) is 0 Å². The van der Waals surface area contributed by atoms with E-state index in [1.165, 1.54) is 0 Å². The highest BCUT2D eigenvalue weighted by molar-refractivity contribution is 9.10. The first-order valence-electron chi connectivity index (χ1n) is 2.41. The Balaban J connectivity index is 3.01. The lowest BCUT2D eigenvalue weighted by atomic mass is 10.5. The third kappa shape index (κ3) is 1.42. The van der Waals surface area contributed by atoms with Crippen molar-refractivity contribution in [3.8, 4) is 5.75 Å². The van der Waals surface area contributed by atoms with Crippen LogP contribution >= 0.6 is 15.9 Å². The van der Waals surface area contributed by atoms with Crippen molar-refractivity contribution in [1.82, 2.24) is 4.98 Å². The lowest BCUT2D eigenvalue weighted by Gasteiger charge is -1.97. The van der Waals surface area contributed by atoms with Gasteiger partial charge in [-0.1, -0.05) is 0 Å². The van der Waals surface area contributed by atoms with Crippen LogP contribution in [0.1, 0.15) is 0 Å². The zero-order valence-corrected chi connectivity index (χ0v) is 6.47. The number of pyridine rings is 1. The average molecular weight is 187 g/mol. The summed E-state index contributed by atoms with van der Waals surface area (Å²) in [7, 11) is 1.61. The topological polar surface area (TPSA) is 22.1 Å². The van der Waals surface area contributed by atoms with E-state index in [4.69, 9.17) is 4.74 Å². The number of ether oxygens (including phenoxy) is 1. The van der Waals surface area contributed by atoms with E-state index in [0.29, 0.717) is 0 Å². The Hall–Kier alpha value is -0.570. The predicted octanol–water partition coefficient (Wildman–Crippen LogP) is 1.65. The van der Waals surface area contributed by atoms with E-state index in [2.05, 4.69) is 27.1 Å². The largest absolute Gasteiger partial charge is 0.495 e. The molecule has 3 heteroatoms.